The fourth-order valence-corrected chi connectivity index (χ4v) is 6.61. The third-order valence-electron chi connectivity index (χ3n) is 6.42. The number of likely N-dealkylation sites (N-methyl/N-ethyl adjacent to an activating group) is 1. The molecular formula is C29H35ClN4O5S2. The first-order chi connectivity index (χ1) is 19.2. The monoisotopic (exact) mass is 618 g/mol. The molecule has 0 saturated heterocycles. The van der Waals surface area contributed by atoms with E-state index in [1.807, 2.05) is 62.3 Å². The number of carbonyl (C=O) groups excluding carboxylic acids is 1. The lowest BCUT2D eigenvalue weighted by Gasteiger charge is -2.23. The van der Waals surface area contributed by atoms with Crippen molar-refractivity contribution in [3.8, 4) is 11.5 Å². The van der Waals surface area contributed by atoms with Crippen LogP contribution < -0.4 is 14.4 Å². The minimum Gasteiger partial charge on any atom is -0.493 e. The van der Waals surface area contributed by atoms with Crippen molar-refractivity contribution in [2.75, 3.05) is 52.8 Å². The molecule has 0 atom stereocenters. The summed E-state index contributed by atoms with van der Waals surface area (Å²) in [6.07, 6.45) is 0. The Morgan fingerprint density at radius 1 is 0.927 bits per heavy atom. The summed E-state index contributed by atoms with van der Waals surface area (Å²) in [5.74, 6) is 0.880. The summed E-state index contributed by atoms with van der Waals surface area (Å²) in [6, 6.07) is 19.2. The zero-order chi connectivity index (χ0) is 28.9. The molecule has 4 rings (SSSR count). The second kappa shape index (κ2) is 14.1. The third kappa shape index (κ3) is 7.35. The van der Waals surface area contributed by atoms with Crippen molar-refractivity contribution < 1.29 is 22.7 Å². The van der Waals surface area contributed by atoms with Crippen LogP contribution >= 0.6 is 23.7 Å². The third-order valence-corrected chi connectivity index (χ3v) is 9.40. The van der Waals surface area contributed by atoms with Gasteiger partial charge in [-0.2, -0.15) is 4.31 Å². The van der Waals surface area contributed by atoms with Crippen molar-refractivity contribution in [3.63, 3.8) is 0 Å². The van der Waals surface area contributed by atoms with Gasteiger partial charge in [-0.1, -0.05) is 48.6 Å². The van der Waals surface area contributed by atoms with Crippen molar-refractivity contribution in [2.24, 2.45) is 0 Å². The van der Waals surface area contributed by atoms with Crippen LogP contribution in [0.25, 0.3) is 10.2 Å². The van der Waals surface area contributed by atoms with Crippen molar-refractivity contribution >= 4 is 55.0 Å². The minimum absolute atomic E-state index is 0. The van der Waals surface area contributed by atoms with Gasteiger partial charge in [0.15, 0.2) is 16.6 Å². The Morgan fingerprint density at radius 2 is 1.56 bits per heavy atom. The quantitative estimate of drug-likeness (QED) is 0.217. The van der Waals surface area contributed by atoms with Crippen LogP contribution in [0.1, 0.15) is 22.8 Å². The summed E-state index contributed by atoms with van der Waals surface area (Å²) in [4.78, 5) is 22.2. The largest absolute Gasteiger partial charge is 0.493 e. The van der Waals surface area contributed by atoms with Gasteiger partial charge in [0, 0.05) is 43.9 Å². The highest BCUT2D eigenvalue weighted by atomic mass is 35.5. The van der Waals surface area contributed by atoms with E-state index in [1.54, 1.807) is 37.3 Å². The SMILES string of the molecule is CCN(Cc1ccccc1)S(=O)(=O)c1ccc(C(=O)N(CCN(C)C)c2nc3cc(OC)c(OC)cc3s2)cc1.Cl. The van der Waals surface area contributed by atoms with E-state index in [4.69, 9.17) is 14.5 Å². The molecule has 9 nitrogen and oxygen atoms in total. The summed E-state index contributed by atoms with van der Waals surface area (Å²) in [6.45, 7) is 3.42. The van der Waals surface area contributed by atoms with Gasteiger partial charge < -0.3 is 14.4 Å². The molecule has 1 aromatic heterocycles. The number of halogens is 1. The molecule has 12 heteroatoms. The number of fused-ring (bicyclic) bond motifs is 1. The second-order valence-corrected chi connectivity index (χ2v) is 12.3. The van der Waals surface area contributed by atoms with Crippen LogP contribution in [0.5, 0.6) is 11.5 Å². The Balaban J connectivity index is 0.00000462. The lowest BCUT2D eigenvalue weighted by Crippen LogP contribution is -2.36. The molecule has 3 aromatic carbocycles. The summed E-state index contributed by atoms with van der Waals surface area (Å²) in [7, 11) is 3.26. The number of benzene rings is 3. The number of carbonyl (C=O) groups is 1. The fraction of sp³-hybridized carbons (Fsp3) is 0.310. The Morgan fingerprint density at radius 3 is 2.15 bits per heavy atom. The van der Waals surface area contributed by atoms with Gasteiger partial charge in [0.05, 0.1) is 29.3 Å². The molecule has 0 bridgehead atoms. The second-order valence-electron chi connectivity index (χ2n) is 9.37. The first kappa shape index (κ1) is 32.3. The van der Waals surface area contributed by atoms with Crippen molar-refractivity contribution in [1.29, 1.82) is 0 Å². The van der Waals surface area contributed by atoms with E-state index in [-0.39, 0.29) is 29.8 Å². The molecule has 0 unspecified atom stereocenters. The van der Waals surface area contributed by atoms with Crippen LogP contribution in [0.2, 0.25) is 0 Å². The average molecular weight is 619 g/mol. The number of amides is 1. The zero-order valence-corrected chi connectivity index (χ0v) is 26.2. The topological polar surface area (TPSA) is 92.3 Å². The van der Waals surface area contributed by atoms with E-state index in [0.717, 1.165) is 10.3 Å². The summed E-state index contributed by atoms with van der Waals surface area (Å²) in [5, 5.41) is 0.536. The van der Waals surface area contributed by atoms with Gasteiger partial charge in [-0.3, -0.25) is 9.69 Å². The van der Waals surface area contributed by atoms with Crippen molar-refractivity contribution in [3.05, 3.63) is 77.9 Å². The molecule has 0 N–H and O–H groups in total. The number of aromatic nitrogens is 1. The Kier molecular flexibility index (Phi) is 11.1. The number of nitrogens with zero attached hydrogens (tertiary/aromatic N) is 4. The molecule has 0 aliphatic heterocycles. The first-order valence-electron chi connectivity index (χ1n) is 12.8. The maximum Gasteiger partial charge on any atom is 0.260 e. The smallest absolute Gasteiger partial charge is 0.260 e. The Labute approximate surface area is 251 Å². The molecule has 1 amide bonds. The number of anilines is 1. The van der Waals surface area contributed by atoms with Crippen molar-refractivity contribution in [1.82, 2.24) is 14.2 Å². The predicted molar refractivity (Wildman–Crippen MR) is 166 cm³/mol. The standard InChI is InChI=1S/C29H34N4O5S2.ClH/c1-6-32(20-21-10-8-7-9-11-21)40(35,36)23-14-12-22(13-15-23)28(34)33(17-16-31(2)3)29-30-24-18-25(37-4)26(38-5)19-27(24)39-29;/h7-15,18-19H,6,16-17,20H2,1-5H3;1H. The van der Waals surface area contributed by atoms with Crippen LogP contribution in [0.3, 0.4) is 0 Å². The average Bonchev–Trinajstić information content (AvgIpc) is 3.37. The van der Waals surface area contributed by atoms with Crippen LogP contribution in [-0.4, -0.2) is 76.5 Å². The molecule has 41 heavy (non-hydrogen) atoms. The summed E-state index contributed by atoms with van der Waals surface area (Å²) in [5.41, 5.74) is 1.97. The van der Waals surface area contributed by atoms with E-state index >= 15 is 0 Å². The van der Waals surface area contributed by atoms with E-state index in [9.17, 15) is 13.2 Å². The molecule has 4 aromatic rings. The lowest BCUT2D eigenvalue weighted by molar-refractivity contribution is 0.0985. The van der Waals surface area contributed by atoms with Gasteiger partial charge in [0.2, 0.25) is 10.0 Å². The van der Waals surface area contributed by atoms with E-state index in [0.29, 0.717) is 47.3 Å². The van der Waals surface area contributed by atoms with Gasteiger partial charge in [-0.15, -0.1) is 12.4 Å². The first-order valence-corrected chi connectivity index (χ1v) is 15.1. The number of hydrogen-bond acceptors (Lipinski definition) is 8. The van der Waals surface area contributed by atoms with Crippen molar-refractivity contribution in [2.45, 2.75) is 18.4 Å². The number of rotatable bonds is 12. The summed E-state index contributed by atoms with van der Waals surface area (Å²) < 4.78 is 39.9. The van der Waals surface area contributed by atoms with Crippen LogP contribution in [0, 0.1) is 0 Å². The lowest BCUT2D eigenvalue weighted by atomic mass is 10.2. The van der Waals surface area contributed by atoms with Gasteiger partial charge in [-0.25, -0.2) is 13.4 Å². The zero-order valence-electron chi connectivity index (χ0n) is 23.7. The number of ether oxygens (including phenoxy) is 2. The number of thiazole rings is 1. The number of hydrogen-bond donors (Lipinski definition) is 0. The maximum atomic E-state index is 13.7. The molecule has 0 radical (unpaired) electrons. The highest BCUT2D eigenvalue weighted by Gasteiger charge is 2.26. The minimum atomic E-state index is -3.75. The molecule has 0 saturated carbocycles. The fourth-order valence-electron chi connectivity index (χ4n) is 4.17. The number of sulfonamides is 1. The molecule has 0 spiro atoms. The van der Waals surface area contributed by atoms with Gasteiger partial charge >= 0.3 is 0 Å². The highest BCUT2D eigenvalue weighted by molar-refractivity contribution is 7.89. The predicted octanol–water partition coefficient (Wildman–Crippen LogP) is 5.15. The molecule has 0 aliphatic rings. The van der Waals surface area contributed by atoms with Gasteiger partial charge in [0.1, 0.15) is 0 Å². The highest BCUT2D eigenvalue weighted by Crippen LogP contribution is 2.37. The van der Waals surface area contributed by atoms with Crippen LogP contribution in [-0.2, 0) is 16.6 Å². The molecule has 0 fully saturated rings. The molecular weight excluding hydrogens is 584 g/mol. The van der Waals surface area contributed by atoms with E-state index in [1.165, 1.54) is 27.8 Å². The van der Waals surface area contributed by atoms with Crippen LogP contribution in [0.15, 0.2) is 71.6 Å². The molecule has 0 aliphatic carbocycles. The Hall–Kier alpha value is -3.22. The van der Waals surface area contributed by atoms with E-state index < -0.39 is 10.0 Å². The summed E-state index contributed by atoms with van der Waals surface area (Å²) >= 11 is 1.38. The van der Waals surface area contributed by atoms with Crippen LogP contribution in [0.4, 0.5) is 5.13 Å². The van der Waals surface area contributed by atoms with Gasteiger partial charge in [-0.05, 0) is 43.9 Å². The number of methoxy groups -OCH3 is 2. The van der Waals surface area contributed by atoms with Gasteiger partial charge in [0.25, 0.3) is 5.91 Å². The Bertz CT molecular complexity index is 1520. The van der Waals surface area contributed by atoms with E-state index in [2.05, 4.69) is 0 Å². The normalized spacial score (nSPS) is 11.5. The molecule has 1 heterocycles. The molecule has 220 valence electrons. The maximum absolute atomic E-state index is 13.7.